The zero-order valence-electron chi connectivity index (χ0n) is 17.5. The first-order valence-corrected chi connectivity index (χ1v) is 11.1. The van der Waals surface area contributed by atoms with Crippen LogP contribution in [-0.2, 0) is 12.8 Å². The number of hydrogen-bond acceptors (Lipinski definition) is 3. The van der Waals surface area contributed by atoms with E-state index in [9.17, 15) is 0 Å². The summed E-state index contributed by atoms with van der Waals surface area (Å²) in [6.45, 7) is 6.75. The van der Waals surface area contributed by atoms with E-state index < -0.39 is 0 Å². The molecule has 0 fully saturated rings. The van der Waals surface area contributed by atoms with Gasteiger partial charge in [0.25, 0.3) is 0 Å². The average molecular weight is 382 g/mol. The molecule has 0 aliphatic rings. The number of unbranched alkanes of at least 4 members (excludes halogenated alkanes) is 1. The fraction of sp³-hybridized carbons (Fsp3) is 0.520. The van der Waals surface area contributed by atoms with Gasteiger partial charge in [-0.05, 0) is 95.3 Å². The van der Waals surface area contributed by atoms with Gasteiger partial charge in [-0.25, -0.2) is 0 Å². The van der Waals surface area contributed by atoms with Crippen molar-refractivity contribution in [3.8, 4) is 0 Å². The maximum absolute atomic E-state index is 3.56. The van der Waals surface area contributed by atoms with Gasteiger partial charge in [-0.3, -0.25) is 0 Å². The minimum atomic E-state index is 1.12. The van der Waals surface area contributed by atoms with Crippen LogP contribution < -0.4 is 16.0 Å². The molecule has 0 saturated heterocycles. The van der Waals surface area contributed by atoms with Crippen molar-refractivity contribution in [3.05, 3.63) is 71.8 Å². The lowest BCUT2D eigenvalue weighted by molar-refractivity contribution is 0.552. The van der Waals surface area contributed by atoms with Crippen molar-refractivity contribution < 1.29 is 0 Å². The van der Waals surface area contributed by atoms with Crippen LogP contribution in [0, 0.1) is 0 Å². The second-order valence-electron chi connectivity index (χ2n) is 7.49. The van der Waals surface area contributed by atoms with Crippen LogP contribution in [0.25, 0.3) is 0 Å². The van der Waals surface area contributed by atoms with Crippen LogP contribution in [0.15, 0.2) is 60.7 Å². The van der Waals surface area contributed by atoms with Crippen molar-refractivity contribution in [3.63, 3.8) is 0 Å². The molecule has 0 aliphatic heterocycles. The van der Waals surface area contributed by atoms with Gasteiger partial charge in [0.05, 0.1) is 0 Å². The topological polar surface area (TPSA) is 36.1 Å². The maximum Gasteiger partial charge on any atom is -0.00368 e. The third-order valence-electron chi connectivity index (χ3n) is 4.99. The molecule has 0 atom stereocenters. The van der Waals surface area contributed by atoms with Gasteiger partial charge in [0.15, 0.2) is 0 Å². The van der Waals surface area contributed by atoms with Gasteiger partial charge < -0.3 is 16.0 Å². The summed E-state index contributed by atoms with van der Waals surface area (Å²) in [5.74, 6) is 0. The molecule has 0 aromatic heterocycles. The minimum Gasteiger partial charge on any atom is -0.317 e. The van der Waals surface area contributed by atoms with Crippen molar-refractivity contribution in [2.24, 2.45) is 0 Å². The highest BCUT2D eigenvalue weighted by Gasteiger charge is 1.94. The van der Waals surface area contributed by atoms with Crippen molar-refractivity contribution in [2.75, 3.05) is 39.3 Å². The quantitative estimate of drug-likeness (QED) is 0.360. The maximum atomic E-state index is 3.56. The molecule has 2 aromatic rings. The first-order valence-electron chi connectivity index (χ1n) is 11.1. The summed E-state index contributed by atoms with van der Waals surface area (Å²) in [6, 6.07) is 21.5. The molecule has 28 heavy (non-hydrogen) atoms. The Bertz CT molecular complexity index is 517. The Morgan fingerprint density at radius 2 is 0.750 bits per heavy atom. The summed E-state index contributed by atoms with van der Waals surface area (Å²) < 4.78 is 0. The smallest absolute Gasteiger partial charge is 0.00368 e. The van der Waals surface area contributed by atoms with Gasteiger partial charge in [-0.2, -0.15) is 0 Å². The zero-order chi connectivity index (χ0) is 19.5. The van der Waals surface area contributed by atoms with Gasteiger partial charge in [0.1, 0.15) is 0 Å². The molecule has 0 heterocycles. The number of benzene rings is 2. The van der Waals surface area contributed by atoms with Crippen LogP contribution in [0.2, 0.25) is 0 Å². The number of rotatable bonds is 17. The number of hydrogen-bond donors (Lipinski definition) is 3. The lowest BCUT2D eigenvalue weighted by Crippen LogP contribution is -2.24. The van der Waals surface area contributed by atoms with E-state index >= 15 is 0 Å². The summed E-state index contributed by atoms with van der Waals surface area (Å²) in [5.41, 5.74) is 2.89. The Morgan fingerprint density at radius 1 is 0.393 bits per heavy atom. The lowest BCUT2D eigenvalue weighted by Gasteiger charge is -2.07. The normalized spacial score (nSPS) is 11.0. The van der Waals surface area contributed by atoms with E-state index in [1.807, 2.05) is 0 Å². The van der Waals surface area contributed by atoms with Crippen LogP contribution in [0.4, 0.5) is 0 Å². The molecule has 3 heteroatoms. The predicted molar refractivity (Wildman–Crippen MR) is 122 cm³/mol. The van der Waals surface area contributed by atoms with Crippen LogP contribution in [0.5, 0.6) is 0 Å². The first-order chi connectivity index (χ1) is 13.9. The van der Waals surface area contributed by atoms with Gasteiger partial charge in [0, 0.05) is 0 Å². The molecular formula is C25H39N3. The summed E-state index contributed by atoms with van der Waals surface area (Å²) in [4.78, 5) is 0. The van der Waals surface area contributed by atoms with E-state index in [1.54, 1.807) is 0 Å². The van der Waals surface area contributed by atoms with Crippen molar-refractivity contribution in [1.82, 2.24) is 16.0 Å². The SMILES string of the molecule is c1ccc(CCCNCCCCNCCCNCCCc2ccccc2)cc1. The molecule has 0 amide bonds. The Hall–Kier alpha value is -1.68. The molecule has 0 spiro atoms. The van der Waals surface area contributed by atoms with Gasteiger partial charge in [-0.1, -0.05) is 60.7 Å². The molecule has 0 saturated carbocycles. The first kappa shape index (κ1) is 22.6. The lowest BCUT2D eigenvalue weighted by atomic mass is 10.1. The van der Waals surface area contributed by atoms with Crippen molar-refractivity contribution in [2.45, 2.75) is 44.9 Å². The van der Waals surface area contributed by atoms with E-state index in [-0.39, 0.29) is 0 Å². The molecule has 0 aliphatic carbocycles. The molecule has 3 nitrogen and oxygen atoms in total. The Morgan fingerprint density at radius 3 is 1.18 bits per heavy atom. The van der Waals surface area contributed by atoms with Gasteiger partial charge in [0.2, 0.25) is 0 Å². The van der Waals surface area contributed by atoms with E-state index in [0.717, 1.165) is 39.3 Å². The highest BCUT2D eigenvalue weighted by atomic mass is 14.9. The summed E-state index contributed by atoms with van der Waals surface area (Å²) in [5, 5.41) is 10.7. The standard InChI is InChI=1S/C25H39N3/c1-3-12-24(13-4-1)16-9-20-26-18-7-8-19-27-22-11-23-28-21-10-17-25-14-5-2-6-15-25/h1-6,12-15,26-28H,7-11,16-23H2. The third kappa shape index (κ3) is 11.9. The van der Waals surface area contributed by atoms with Crippen LogP contribution >= 0.6 is 0 Å². The highest BCUT2D eigenvalue weighted by Crippen LogP contribution is 2.02. The molecule has 3 N–H and O–H groups in total. The Kier molecular flexibility index (Phi) is 13.2. The van der Waals surface area contributed by atoms with Crippen LogP contribution in [-0.4, -0.2) is 39.3 Å². The highest BCUT2D eigenvalue weighted by molar-refractivity contribution is 5.15. The third-order valence-corrected chi connectivity index (χ3v) is 4.99. The van der Waals surface area contributed by atoms with Crippen LogP contribution in [0.3, 0.4) is 0 Å². The molecule has 2 rings (SSSR count). The number of nitrogens with one attached hydrogen (secondary N) is 3. The molecule has 2 aromatic carbocycles. The van der Waals surface area contributed by atoms with Crippen molar-refractivity contribution in [1.29, 1.82) is 0 Å². The Labute approximate surface area is 172 Å². The fourth-order valence-electron chi connectivity index (χ4n) is 3.34. The number of aryl methyl sites for hydroxylation is 2. The molecular weight excluding hydrogens is 342 g/mol. The molecule has 0 radical (unpaired) electrons. The summed E-state index contributed by atoms with van der Waals surface area (Å²) >= 11 is 0. The molecule has 154 valence electrons. The second kappa shape index (κ2) is 16.3. The second-order valence-corrected chi connectivity index (χ2v) is 7.49. The van der Waals surface area contributed by atoms with E-state index in [1.165, 1.54) is 56.1 Å². The summed E-state index contributed by atoms with van der Waals surface area (Å²) in [7, 11) is 0. The largest absolute Gasteiger partial charge is 0.317 e. The molecule has 0 bridgehead atoms. The van der Waals surface area contributed by atoms with E-state index in [0.29, 0.717) is 0 Å². The van der Waals surface area contributed by atoms with Crippen molar-refractivity contribution >= 4 is 0 Å². The van der Waals surface area contributed by atoms with Crippen LogP contribution in [0.1, 0.15) is 43.2 Å². The van der Waals surface area contributed by atoms with Gasteiger partial charge >= 0.3 is 0 Å². The summed E-state index contributed by atoms with van der Waals surface area (Å²) in [6.07, 6.45) is 8.52. The van der Waals surface area contributed by atoms with E-state index in [4.69, 9.17) is 0 Å². The Balaban J connectivity index is 1.25. The predicted octanol–water partition coefficient (Wildman–Crippen LogP) is 4.19. The minimum absolute atomic E-state index is 1.12. The molecule has 0 unspecified atom stereocenters. The van der Waals surface area contributed by atoms with E-state index in [2.05, 4.69) is 76.6 Å². The van der Waals surface area contributed by atoms with Gasteiger partial charge in [-0.15, -0.1) is 0 Å². The average Bonchev–Trinajstić information content (AvgIpc) is 2.75. The monoisotopic (exact) mass is 381 g/mol. The zero-order valence-corrected chi connectivity index (χ0v) is 17.5. The fourth-order valence-corrected chi connectivity index (χ4v) is 3.34.